The van der Waals surface area contributed by atoms with E-state index in [0.29, 0.717) is 43.9 Å². The maximum Gasteiger partial charge on any atom is 0.251 e. The van der Waals surface area contributed by atoms with Crippen molar-refractivity contribution in [2.75, 3.05) is 26.2 Å². The zero-order valence-electron chi connectivity index (χ0n) is 14.2. The van der Waals surface area contributed by atoms with E-state index in [0.717, 1.165) is 12.8 Å². The van der Waals surface area contributed by atoms with Crippen LogP contribution in [0.5, 0.6) is 0 Å². The molecule has 1 heterocycles. The summed E-state index contributed by atoms with van der Waals surface area (Å²) in [5.41, 5.74) is 0.437. The minimum Gasteiger partial charge on any atom is -0.384 e. The minimum absolute atomic E-state index is 0.230. The van der Waals surface area contributed by atoms with Crippen molar-refractivity contribution in [3.63, 3.8) is 0 Å². The number of rotatable bonds is 3. The molecule has 1 aliphatic heterocycles. The fraction of sp³-hybridized carbons (Fsp3) is 0.882. The van der Waals surface area contributed by atoms with Crippen LogP contribution in [0.3, 0.4) is 0 Å². The SMILES string of the molecule is CC(O)C(=O)N1CCN(C(=O)CC2CCC(C)(C)CC2)CC1. The molecule has 0 aromatic carbocycles. The molecule has 1 atom stereocenters. The van der Waals surface area contributed by atoms with Crippen molar-refractivity contribution in [3.05, 3.63) is 0 Å². The van der Waals surface area contributed by atoms with E-state index in [4.69, 9.17) is 0 Å². The molecule has 0 spiro atoms. The van der Waals surface area contributed by atoms with Crippen molar-refractivity contribution in [2.45, 2.75) is 59.0 Å². The predicted molar refractivity (Wildman–Crippen MR) is 85.2 cm³/mol. The van der Waals surface area contributed by atoms with Gasteiger partial charge in [-0.25, -0.2) is 0 Å². The van der Waals surface area contributed by atoms with E-state index < -0.39 is 6.10 Å². The largest absolute Gasteiger partial charge is 0.384 e. The fourth-order valence-electron chi connectivity index (χ4n) is 3.48. The first-order valence-corrected chi connectivity index (χ1v) is 8.53. The number of amides is 2. The molecule has 2 rings (SSSR count). The normalized spacial score (nSPS) is 24.2. The second-order valence-electron chi connectivity index (χ2n) is 7.69. The molecule has 1 aliphatic carbocycles. The molecule has 1 saturated heterocycles. The second kappa shape index (κ2) is 6.99. The maximum absolute atomic E-state index is 12.4. The smallest absolute Gasteiger partial charge is 0.251 e. The number of aliphatic hydroxyl groups excluding tert-OH is 1. The van der Waals surface area contributed by atoms with Gasteiger partial charge in [0.05, 0.1) is 0 Å². The van der Waals surface area contributed by atoms with Gasteiger partial charge in [-0.05, 0) is 43.9 Å². The summed E-state index contributed by atoms with van der Waals surface area (Å²) >= 11 is 0. The lowest BCUT2D eigenvalue weighted by Crippen LogP contribution is -2.52. The number of hydrogen-bond acceptors (Lipinski definition) is 3. The minimum atomic E-state index is -0.951. The first-order chi connectivity index (χ1) is 10.3. The Morgan fingerprint density at radius 3 is 2.09 bits per heavy atom. The summed E-state index contributed by atoms with van der Waals surface area (Å²) in [6, 6.07) is 0. The van der Waals surface area contributed by atoms with E-state index in [1.54, 1.807) is 4.90 Å². The molecule has 5 heteroatoms. The third-order valence-electron chi connectivity index (χ3n) is 5.22. The van der Waals surface area contributed by atoms with Gasteiger partial charge < -0.3 is 14.9 Å². The summed E-state index contributed by atoms with van der Waals surface area (Å²) in [5.74, 6) is 0.521. The van der Waals surface area contributed by atoms with Gasteiger partial charge in [0, 0.05) is 32.6 Å². The highest BCUT2D eigenvalue weighted by molar-refractivity contribution is 5.81. The summed E-state index contributed by atoms with van der Waals surface area (Å²) in [6.07, 6.45) is 4.43. The van der Waals surface area contributed by atoms with Gasteiger partial charge in [0.2, 0.25) is 5.91 Å². The number of piperazine rings is 1. The van der Waals surface area contributed by atoms with E-state index in [2.05, 4.69) is 13.8 Å². The van der Waals surface area contributed by atoms with Gasteiger partial charge >= 0.3 is 0 Å². The van der Waals surface area contributed by atoms with Gasteiger partial charge in [0.1, 0.15) is 6.10 Å². The molecule has 2 fully saturated rings. The Balaban J connectivity index is 1.75. The maximum atomic E-state index is 12.4. The standard InChI is InChI=1S/C17H30N2O3/c1-13(20)16(22)19-10-8-18(9-11-19)15(21)12-14-4-6-17(2,3)7-5-14/h13-14,20H,4-12H2,1-3H3. The van der Waals surface area contributed by atoms with E-state index in [1.807, 2.05) is 4.90 Å². The molecular formula is C17H30N2O3. The van der Waals surface area contributed by atoms with Crippen molar-refractivity contribution >= 4 is 11.8 Å². The van der Waals surface area contributed by atoms with Crippen molar-refractivity contribution in [1.29, 1.82) is 0 Å². The lowest BCUT2D eigenvalue weighted by molar-refractivity contribution is -0.145. The van der Waals surface area contributed by atoms with E-state index in [-0.39, 0.29) is 11.8 Å². The van der Waals surface area contributed by atoms with Gasteiger partial charge in [-0.2, -0.15) is 0 Å². The molecule has 22 heavy (non-hydrogen) atoms. The van der Waals surface area contributed by atoms with E-state index >= 15 is 0 Å². The molecule has 1 unspecified atom stereocenters. The van der Waals surface area contributed by atoms with Crippen LogP contribution in [0.2, 0.25) is 0 Å². The van der Waals surface area contributed by atoms with Crippen molar-refractivity contribution in [3.8, 4) is 0 Å². The Kier molecular flexibility index (Phi) is 5.48. The second-order valence-corrected chi connectivity index (χ2v) is 7.69. The molecule has 126 valence electrons. The van der Waals surface area contributed by atoms with Gasteiger partial charge in [-0.1, -0.05) is 13.8 Å². The van der Waals surface area contributed by atoms with Crippen molar-refractivity contribution in [1.82, 2.24) is 9.80 Å². The average molecular weight is 310 g/mol. The van der Waals surface area contributed by atoms with Crippen LogP contribution in [-0.4, -0.2) is 59.0 Å². The van der Waals surface area contributed by atoms with Crippen LogP contribution < -0.4 is 0 Å². The van der Waals surface area contributed by atoms with Gasteiger partial charge in [-0.15, -0.1) is 0 Å². The Morgan fingerprint density at radius 2 is 1.59 bits per heavy atom. The van der Waals surface area contributed by atoms with Crippen LogP contribution in [0.4, 0.5) is 0 Å². The third kappa shape index (κ3) is 4.45. The molecule has 2 amide bonds. The first-order valence-electron chi connectivity index (χ1n) is 8.53. The van der Waals surface area contributed by atoms with Crippen LogP contribution in [0.25, 0.3) is 0 Å². The highest BCUT2D eigenvalue weighted by Crippen LogP contribution is 2.39. The molecule has 0 radical (unpaired) electrons. The number of hydrogen-bond donors (Lipinski definition) is 1. The van der Waals surface area contributed by atoms with Gasteiger partial charge in [-0.3, -0.25) is 9.59 Å². The zero-order chi connectivity index (χ0) is 16.3. The summed E-state index contributed by atoms with van der Waals surface area (Å²) in [5, 5.41) is 9.34. The number of aliphatic hydroxyl groups is 1. The van der Waals surface area contributed by atoms with Crippen LogP contribution in [-0.2, 0) is 9.59 Å². The highest BCUT2D eigenvalue weighted by Gasteiger charge is 2.30. The topological polar surface area (TPSA) is 60.9 Å². The predicted octanol–water partition coefficient (Wildman–Crippen LogP) is 1.64. The van der Waals surface area contributed by atoms with E-state index in [1.165, 1.54) is 19.8 Å². The third-order valence-corrected chi connectivity index (χ3v) is 5.22. The lowest BCUT2D eigenvalue weighted by Gasteiger charge is -2.37. The molecule has 5 nitrogen and oxygen atoms in total. The molecule has 2 aliphatic rings. The van der Waals surface area contributed by atoms with Gasteiger partial charge in [0.25, 0.3) is 5.91 Å². The summed E-state index contributed by atoms with van der Waals surface area (Å²) in [7, 11) is 0. The number of carbonyl (C=O) groups is 2. The number of carbonyl (C=O) groups excluding carboxylic acids is 2. The Hall–Kier alpha value is -1.10. The summed E-state index contributed by atoms with van der Waals surface area (Å²) < 4.78 is 0. The zero-order valence-corrected chi connectivity index (χ0v) is 14.2. The highest BCUT2D eigenvalue weighted by atomic mass is 16.3. The fourth-order valence-corrected chi connectivity index (χ4v) is 3.48. The number of nitrogens with zero attached hydrogens (tertiary/aromatic N) is 2. The first kappa shape index (κ1) is 17.3. The van der Waals surface area contributed by atoms with Crippen LogP contribution in [0.1, 0.15) is 52.9 Å². The van der Waals surface area contributed by atoms with Crippen molar-refractivity contribution < 1.29 is 14.7 Å². The summed E-state index contributed by atoms with van der Waals surface area (Å²) in [6.45, 7) is 8.36. The Morgan fingerprint density at radius 1 is 1.09 bits per heavy atom. The molecule has 0 aromatic rings. The molecular weight excluding hydrogens is 280 g/mol. The van der Waals surface area contributed by atoms with Crippen LogP contribution >= 0.6 is 0 Å². The molecule has 0 bridgehead atoms. The van der Waals surface area contributed by atoms with Crippen LogP contribution in [0, 0.1) is 11.3 Å². The van der Waals surface area contributed by atoms with E-state index in [9.17, 15) is 14.7 Å². The average Bonchev–Trinajstić information content (AvgIpc) is 2.48. The Labute approximate surface area is 133 Å². The molecule has 1 saturated carbocycles. The molecule has 1 N–H and O–H groups in total. The quantitative estimate of drug-likeness (QED) is 0.862. The monoisotopic (exact) mass is 310 g/mol. The van der Waals surface area contributed by atoms with Gasteiger partial charge in [0.15, 0.2) is 0 Å². The summed E-state index contributed by atoms with van der Waals surface area (Å²) in [4.78, 5) is 27.7. The molecule has 0 aromatic heterocycles. The van der Waals surface area contributed by atoms with Crippen LogP contribution in [0.15, 0.2) is 0 Å². The Bertz CT molecular complexity index is 402. The van der Waals surface area contributed by atoms with Crippen molar-refractivity contribution in [2.24, 2.45) is 11.3 Å². The lowest BCUT2D eigenvalue weighted by atomic mass is 9.72.